The summed E-state index contributed by atoms with van der Waals surface area (Å²) in [5.74, 6) is 1.99. The van der Waals surface area contributed by atoms with Crippen molar-refractivity contribution in [3.8, 4) is 0 Å². The van der Waals surface area contributed by atoms with E-state index < -0.39 is 0 Å². The third-order valence-corrected chi connectivity index (χ3v) is 5.19. The zero-order valence-electron chi connectivity index (χ0n) is 13.0. The van der Waals surface area contributed by atoms with Crippen molar-refractivity contribution in [1.29, 1.82) is 0 Å². The van der Waals surface area contributed by atoms with Crippen molar-refractivity contribution in [2.75, 3.05) is 26.2 Å². The molecule has 4 rings (SSSR count). The maximum Gasteiger partial charge on any atom is 0.289 e. The van der Waals surface area contributed by atoms with Gasteiger partial charge in [-0.1, -0.05) is 11.6 Å². The summed E-state index contributed by atoms with van der Waals surface area (Å²) in [5, 5.41) is 4.48. The molecule has 2 aliphatic heterocycles. The standard InChI is InChI=1S/C18H22N2O2/c1-12-2-3-16-15(8-12)9-17(22-16)18(21)20-6-4-13-10-19-11-14(13)5-7-20/h2-3,8-9,13-14,19H,4-7,10-11H2,1H3/t13-,14+. The van der Waals surface area contributed by atoms with Crippen LogP contribution in [0.1, 0.15) is 29.0 Å². The quantitative estimate of drug-likeness (QED) is 0.880. The van der Waals surface area contributed by atoms with Crippen LogP contribution in [-0.2, 0) is 0 Å². The summed E-state index contributed by atoms with van der Waals surface area (Å²) < 4.78 is 5.77. The van der Waals surface area contributed by atoms with Gasteiger partial charge >= 0.3 is 0 Å². The average Bonchev–Trinajstić information content (AvgIpc) is 3.08. The lowest BCUT2D eigenvalue weighted by Crippen LogP contribution is -2.32. The molecule has 0 bridgehead atoms. The van der Waals surface area contributed by atoms with Crippen LogP contribution in [0.3, 0.4) is 0 Å². The van der Waals surface area contributed by atoms with Crippen molar-refractivity contribution in [2.24, 2.45) is 11.8 Å². The summed E-state index contributed by atoms with van der Waals surface area (Å²) in [7, 11) is 0. The summed E-state index contributed by atoms with van der Waals surface area (Å²) in [6.07, 6.45) is 2.20. The SMILES string of the molecule is Cc1ccc2oc(C(=O)N3CC[C@@H]4CNC[C@@H]4CC3)cc2c1. The third-order valence-electron chi connectivity index (χ3n) is 5.19. The molecule has 4 nitrogen and oxygen atoms in total. The highest BCUT2D eigenvalue weighted by Gasteiger charge is 2.32. The number of rotatable bonds is 1. The van der Waals surface area contributed by atoms with Gasteiger partial charge < -0.3 is 14.6 Å². The highest BCUT2D eigenvalue weighted by molar-refractivity contribution is 5.96. The topological polar surface area (TPSA) is 45.5 Å². The number of likely N-dealkylation sites (tertiary alicyclic amines) is 1. The van der Waals surface area contributed by atoms with Gasteiger partial charge in [-0.05, 0) is 62.9 Å². The zero-order valence-corrected chi connectivity index (χ0v) is 13.0. The molecule has 2 fully saturated rings. The summed E-state index contributed by atoms with van der Waals surface area (Å²) in [4.78, 5) is 14.7. The Morgan fingerprint density at radius 3 is 2.64 bits per heavy atom. The van der Waals surface area contributed by atoms with Crippen LogP contribution in [0.5, 0.6) is 0 Å². The Balaban J connectivity index is 1.54. The molecule has 2 saturated heterocycles. The van der Waals surface area contributed by atoms with E-state index in [0.717, 1.165) is 61.8 Å². The first kappa shape index (κ1) is 13.8. The minimum Gasteiger partial charge on any atom is -0.451 e. The number of benzene rings is 1. The average molecular weight is 298 g/mol. The fourth-order valence-corrected chi connectivity index (χ4v) is 3.85. The molecular weight excluding hydrogens is 276 g/mol. The zero-order chi connectivity index (χ0) is 15.1. The fourth-order valence-electron chi connectivity index (χ4n) is 3.85. The number of amides is 1. The molecule has 4 heteroatoms. The number of hydrogen-bond acceptors (Lipinski definition) is 3. The van der Waals surface area contributed by atoms with Crippen molar-refractivity contribution in [3.05, 3.63) is 35.6 Å². The molecule has 2 atom stereocenters. The molecule has 3 heterocycles. The van der Waals surface area contributed by atoms with Gasteiger partial charge in [-0.25, -0.2) is 0 Å². The van der Waals surface area contributed by atoms with E-state index in [-0.39, 0.29) is 5.91 Å². The lowest BCUT2D eigenvalue weighted by Gasteiger charge is -2.19. The van der Waals surface area contributed by atoms with Crippen molar-refractivity contribution >= 4 is 16.9 Å². The molecule has 1 aromatic heterocycles. The first-order chi connectivity index (χ1) is 10.7. The number of nitrogens with zero attached hydrogens (tertiary/aromatic N) is 1. The van der Waals surface area contributed by atoms with Gasteiger partial charge in [0.05, 0.1) is 0 Å². The van der Waals surface area contributed by atoms with Crippen LogP contribution in [-0.4, -0.2) is 37.0 Å². The first-order valence-electron chi connectivity index (χ1n) is 8.21. The number of aryl methyl sites for hydroxylation is 1. The number of carbonyl (C=O) groups excluding carboxylic acids is 1. The molecule has 0 spiro atoms. The molecule has 2 aromatic rings. The molecule has 116 valence electrons. The number of furan rings is 1. The molecule has 0 saturated carbocycles. The normalized spacial score (nSPS) is 25.2. The molecule has 0 aliphatic carbocycles. The Kier molecular flexibility index (Phi) is 3.41. The van der Waals surface area contributed by atoms with E-state index in [1.54, 1.807) is 0 Å². The van der Waals surface area contributed by atoms with E-state index in [1.165, 1.54) is 5.56 Å². The van der Waals surface area contributed by atoms with Crippen LogP contribution >= 0.6 is 0 Å². The van der Waals surface area contributed by atoms with Crippen LogP contribution in [0.4, 0.5) is 0 Å². The van der Waals surface area contributed by atoms with Gasteiger partial charge in [-0.15, -0.1) is 0 Å². The second-order valence-corrected chi connectivity index (χ2v) is 6.70. The van der Waals surface area contributed by atoms with Crippen molar-refractivity contribution < 1.29 is 9.21 Å². The molecule has 22 heavy (non-hydrogen) atoms. The molecular formula is C18H22N2O2. The Labute approximate surface area is 130 Å². The van der Waals surface area contributed by atoms with Crippen LogP contribution in [0.2, 0.25) is 0 Å². The van der Waals surface area contributed by atoms with E-state index in [2.05, 4.69) is 18.3 Å². The number of carbonyl (C=O) groups is 1. The number of nitrogens with one attached hydrogen (secondary N) is 1. The smallest absolute Gasteiger partial charge is 0.289 e. The van der Waals surface area contributed by atoms with Gasteiger partial charge in [-0.3, -0.25) is 4.79 Å². The summed E-state index contributed by atoms with van der Waals surface area (Å²) in [5.41, 5.74) is 1.98. The van der Waals surface area contributed by atoms with Crippen molar-refractivity contribution in [1.82, 2.24) is 10.2 Å². The Morgan fingerprint density at radius 2 is 1.91 bits per heavy atom. The van der Waals surface area contributed by atoms with Crippen LogP contribution in [0, 0.1) is 18.8 Å². The van der Waals surface area contributed by atoms with Crippen LogP contribution < -0.4 is 5.32 Å². The summed E-state index contributed by atoms with van der Waals surface area (Å²) >= 11 is 0. The van der Waals surface area contributed by atoms with E-state index in [9.17, 15) is 4.79 Å². The maximum absolute atomic E-state index is 12.7. The molecule has 0 radical (unpaired) electrons. The lowest BCUT2D eigenvalue weighted by atomic mass is 9.92. The largest absolute Gasteiger partial charge is 0.451 e. The molecule has 0 unspecified atom stereocenters. The van der Waals surface area contributed by atoms with E-state index in [4.69, 9.17) is 4.42 Å². The first-order valence-corrected chi connectivity index (χ1v) is 8.21. The Hall–Kier alpha value is -1.81. The van der Waals surface area contributed by atoms with Gasteiger partial charge in [0.2, 0.25) is 0 Å². The monoisotopic (exact) mass is 298 g/mol. The number of fused-ring (bicyclic) bond motifs is 2. The van der Waals surface area contributed by atoms with Crippen LogP contribution in [0.15, 0.2) is 28.7 Å². The van der Waals surface area contributed by atoms with E-state index >= 15 is 0 Å². The van der Waals surface area contributed by atoms with E-state index in [0.29, 0.717) is 5.76 Å². The van der Waals surface area contributed by atoms with Gasteiger partial charge in [0.15, 0.2) is 5.76 Å². The highest BCUT2D eigenvalue weighted by atomic mass is 16.3. The maximum atomic E-state index is 12.7. The van der Waals surface area contributed by atoms with Crippen LogP contribution in [0.25, 0.3) is 11.0 Å². The Bertz CT molecular complexity index is 692. The van der Waals surface area contributed by atoms with Gasteiger partial charge in [0.25, 0.3) is 5.91 Å². The summed E-state index contributed by atoms with van der Waals surface area (Å²) in [6.45, 7) is 5.96. The second kappa shape index (κ2) is 5.43. The Morgan fingerprint density at radius 1 is 1.18 bits per heavy atom. The minimum absolute atomic E-state index is 0.0433. The lowest BCUT2D eigenvalue weighted by molar-refractivity contribution is 0.0729. The van der Waals surface area contributed by atoms with Gasteiger partial charge in [0, 0.05) is 18.5 Å². The van der Waals surface area contributed by atoms with Crippen molar-refractivity contribution in [2.45, 2.75) is 19.8 Å². The predicted molar refractivity (Wildman–Crippen MR) is 85.9 cm³/mol. The number of hydrogen-bond donors (Lipinski definition) is 1. The van der Waals surface area contributed by atoms with Gasteiger partial charge in [-0.2, -0.15) is 0 Å². The predicted octanol–water partition coefficient (Wildman–Crippen LogP) is 2.81. The second-order valence-electron chi connectivity index (χ2n) is 6.70. The van der Waals surface area contributed by atoms with Gasteiger partial charge in [0.1, 0.15) is 5.58 Å². The highest BCUT2D eigenvalue weighted by Crippen LogP contribution is 2.28. The summed E-state index contributed by atoms with van der Waals surface area (Å²) in [6, 6.07) is 7.91. The third kappa shape index (κ3) is 2.41. The molecule has 1 amide bonds. The van der Waals surface area contributed by atoms with Crippen molar-refractivity contribution in [3.63, 3.8) is 0 Å². The fraction of sp³-hybridized carbons (Fsp3) is 0.500. The molecule has 2 aliphatic rings. The minimum atomic E-state index is 0.0433. The molecule has 1 N–H and O–H groups in total. The van der Waals surface area contributed by atoms with E-state index in [1.807, 2.05) is 23.1 Å². The molecule has 1 aromatic carbocycles.